The van der Waals surface area contributed by atoms with Crippen LogP contribution in [0.15, 0.2) is 41.6 Å². The van der Waals surface area contributed by atoms with E-state index in [1.165, 1.54) is 0 Å². The molecule has 2 rings (SSSR count). The standard InChI is InChI=1S/C20H25NO3S.C2H6/c1-6-7-10-23-17-11-14(2)20(15(3)12-17)24-13-18-8-9-19(25-18)16(4)21-22-5;1-2/h6-9,11-12H,10,13H2,1-5H3;1-2H3/b7-6+,21-16?;. The van der Waals surface area contributed by atoms with Crippen LogP contribution in [0.4, 0.5) is 0 Å². The summed E-state index contributed by atoms with van der Waals surface area (Å²) in [7, 11) is 1.55. The number of ether oxygens (including phenoxy) is 2. The van der Waals surface area contributed by atoms with E-state index >= 15 is 0 Å². The molecule has 0 radical (unpaired) electrons. The van der Waals surface area contributed by atoms with Crippen LogP contribution in [0.2, 0.25) is 0 Å². The van der Waals surface area contributed by atoms with Gasteiger partial charge in [-0.25, -0.2) is 0 Å². The van der Waals surface area contributed by atoms with Crippen LogP contribution in [0.25, 0.3) is 0 Å². The molecule has 5 heteroatoms. The van der Waals surface area contributed by atoms with Gasteiger partial charge in [-0.15, -0.1) is 11.3 Å². The Balaban J connectivity index is 0.00000176. The number of allylic oxidation sites excluding steroid dienone is 1. The summed E-state index contributed by atoms with van der Waals surface area (Å²) in [6, 6.07) is 8.13. The molecule has 0 fully saturated rings. The Morgan fingerprint density at radius 2 is 1.78 bits per heavy atom. The van der Waals surface area contributed by atoms with E-state index in [0.717, 1.165) is 38.1 Å². The van der Waals surface area contributed by atoms with E-state index in [4.69, 9.17) is 14.3 Å². The molecular weight excluding hydrogens is 358 g/mol. The van der Waals surface area contributed by atoms with Crippen molar-refractivity contribution in [1.29, 1.82) is 0 Å². The zero-order valence-corrected chi connectivity index (χ0v) is 18.3. The van der Waals surface area contributed by atoms with E-state index in [1.807, 2.05) is 71.9 Å². The first-order valence-corrected chi connectivity index (χ1v) is 10.0. The van der Waals surface area contributed by atoms with Gasteiger partial charge in [0, 0.05) is 4.88 Å². The predicted molar refractivity (Wildman–Crippen MR) is 115 cm³/mol. The minimum absolute atomic E-state index is 0.533. The number of benzene rings is 1. The van der Waals surface area contributed by atoms with Gasteiger partial charge >= 0.3 is 0 Å². The van der Waals surface area contributed by atoms with Gasteiger partial charge in [-0.1, -0.05) is 31.2 Å². The van der Waals surface area contributed by atoms with Gasteiger partial charge in [-0.05, 0) is 63.1 Å². The first kappa shape index (κ1) is 22.8. The Labute approximate surface area is 167 Å². The van der Waals surface area contributed by atoms with Gasteiger partial charge in [0.25, 0.3) is 0 Å². The highest BCUT2D eigenvalue weighted by Crippen LogP contribution is 2.30. The summed E-state index contributed by atoms with van der Waals surface area (Å²) in [4.78, 5) is 7.05. The number of oxime groups is 1. The van der Waals surface area contributed by atoms with Gasteiger partial charge in [-0.2, -0.15) is 0 Å². The monoisotopic (exact) mass is 389 g/mol. The highest BCUT2D eigenvalue weighted by molar-refractivity contribution is 7.14. The molecule has 1 aromatic carbocycles. The van der Waals surface area contributed by atoms with Crippen LogP contribution in [0.3, 0.4) is 0 Å². The molecule has 0 atom stereocenters. The summed E-state index contributed by atoms with van der Waals surface area (Å²) >= 11 is 1.66. The highest BCUT2D eigenvalue weighted by atomic mass is 32.1. The molecule has 0 aliphatic heterocycles. The van der Waals surface area contributed by atoms with Crippen molar-refractivity contribution in [1.82, 2.24) is 0 Å². The molecule has 0 saturated carbocycles. The summed E-state index contributed by atoms with van der Waals surface area (Å²) in [6.07, 6.45) is 3.96. The van der Waals surface area contributed by atoms with Crippen molar-refractivity contribution in [3.63, 3.8) is 0 Å². The maximum atomic E-state index is 6.06. The quantitative estimate of drug-likeness (QED) is 0.302. The molecule has 0 unspecified atom stereocenters. The minimum Gasteiger partial charge on any atom is -0.490 e. The van der Waals surface area contributed by atoms with Crippen LogP contribution in [0, 0.1) is 13.8 Å². The molecule has 0 saturated heterocycles. The molecule has 1 aromatic heterocycles. The van der Waals surface area contributed by atoms with E-state index < -0.39 is 0 Å². The predicted octanol–water partition coefficient (Wildman–Crippen LogP) is 6.30. The first-order valence-electron chi connectivity index (χ1n) is 9.20. The number of hydrogen-bond donors (Lipinski definition) is 0. The van der Waals surface area contributed by atoms with Gasteiger partial charge in [0.2, 0.25) is 0 Å². The fourth-order valence-corrected chi connectivity index (χ4v) is 3.29. The molecule has 4 nitrogen and oxygen atoms in total. The molecule has 1 heterocycles. The van der Waals surface area contributed by atoms with Crippen molar-refractivity contribution < 1.29 is 14.3 Å². The number of hydrogen-bond acceptors (Lipinski definition) is 5. The summed E-state index contributed by atoms with van der Waals surface area (Å²) < 4.78 is 11.8. The van der Waals surface area contributed by atoms with Crippen molar-refractivity contribution in [2.24, 2.45) is 5.16 Å². The zero-order chi connectivity index (χ0) is 20.2. The first-order chi connectivity index (χ1) is 13.0. The molecule has 0 aliphatic rings. The van der Waals surface area contributed by atoms with Crippen LogP contribution in [0.5, 0.6) is 11.5 Å². The Bertz CT molecular complexity index is 740. The van der Waals surface area contributed by atoms with E-state index in [2.05, 4.69) is 11.2 Å². The lowest BCUT2D eigenvalue weighted by atomic mass is 10.1. The maximum Gasteiger partial charge on any atom is 0.125 e. The third-order valence-corrected chi connectivity index (χ3v) is 4.79. The average Bonchev–Trinajstić information content (AvgIpc) is 3.12. The number of rotatable bonds is 8. The Hall–Kier alpha value is -2.27. The molecule has 0 amide bonds. The number of aryl methyl sites for hydroxylation is 2. The Morgan fingerprint density at radius 3 is 2.37 bits per heavy atom. The topological polar surface area (TPSA) is 40.0 Å². The molecule has 0 bridgehead atoms. The molecule has 27 heavy (non-hydrogen) atoms. The van der Waals surface area contributed by atoms with Crippen molar-refractivity contribution in [2.75, 3.05) is 13.7 Å². The van der Waals surface area contributed by atoms with Crippen LogP contribution in [-0.4, -0.2) is 19.4 Å². The second kappa shape index (κ2) is 12.2. The lowest BCUT2D eigenvalue weighted by molar-refractivity contribution is 0.213. The van der Waals surface area contributed by atoms with Gasteiger partial charge < -0.3 is 14.3 Å². The molecule has 148 valence electrons. The Morgan fingerprint density at radius 1 is 1.11 bits per heavy atom. The third-order valence-electron chi connectivity index (χ3n) is 3.62. The average molecular weight is 390 g/mol. The second-order valence-corrected chi connectivity index (χ2v) is 6.85. The Kier molecular flexibility index (Phi) is 10.3. The maximum absolute atomic E-state index is 6.06. The van der Waals surface area contributed by atoms with Gasteiger partial charge in [0.05, 0.1) is 10.6 Å². The SMILES string of the molecule is C/C=C/COc1cc(C)c(OCc2ccc(C(C)=NOC)s2)c(C)c1.CC. The van der Waals surface area contributed by atoms with Gasteiger partial charge in [-0.3, -0.25) is 0 Å². The number of nitrogens with zero attached hydrogens (tertiary/aromatic N) is 1. The van der Waals surface area contributed by atoms with Crippen LogP contribution in [0.1, 0.15) is 48.6 Å². The largest absolute Gasteiger partial charge is 0.490 e. The van der Waals surface area contributed by atoms with E-state index in [-0.39, 0.29) is 0 Å². The van der Waals surface area contributed by atoms with Crippen molar-refractivity contribution >= 4 is 17.0 Å². The summed E-state index contributed by atoms with van der Waals surface area (Å²) in [6.45, 7) is 13.1. The third kappa shape index (κ3) is 7.10. The highest BCUT2D eigenvalue weighted by Gasteiger charge is 2.09. The van der Waals surface area contributed by atoms with E-state index in [9.17, 15) is 0 Å². The van der Waals surface area contributed by atoms with Crippen molar-refractivity contribution in [3.05, 3.63) is 57.3 Å². The molecule has 2 aromatic rings. The lowest BCUT2D eigenvalue weighted by Crippen LogP contribution is -2.00. The normalized spacial score (nSPS) is 11.1. The fraction of sp³-hybridized carbons (Fsp3) is 0.409. The minimum atomic E-state index is 0.533. The van der Waals surface area contributed by atoms with Crippen LogP contribution >= 0.6 is 11.3 Å². The second-order valence-electron chi connectivity index (χ2n) is 5.68. The number of thiophene rings is 1. The molecular formula is C22H31NO3S. The van der Waals surface area contributed by atoms with Gasteiger partial charge in [0.1, 0.15) is 31.8 Å². The smallest absolute Gasteiger partial charge is 0.125 e. The van der Waals surface area contributed by atoms with Gasteiger partial charge in [0.15, 0.2) is 0 Å². The fourth-order valence-electron chi connectivity index (χ4n) is 2.44. The summed E-state index contributed by atoms with van der Waals surface area (Å²) in [5, 5.41) is 3.96. The van der Waals surface area contributed by atoms with Crippen molar-refractivity contribution in [3.8, 4) is 11.5 Å². The van der Waals surface area contributed by atoms with Crippen LogP contribution < -0.4 is 9.47 Å². The molecule has 0 N–H and O–H groups in total. The zero-order valence-electron chi connectivity index (χ0n) is 17.5. The molecule has 0 spiro atoms. The molecule has 0 aliphatic carbocycles. The lowest BCUT2D eigenvalue weighted by Gasteiger charge is -2.14. The van der Waals surface area contributed by atoms with E-state index in [1.54, 1.807) is 18.4 Å². The van der Waals surface area contributed by atoms with E-state index in [0.29, 0.717) is 13.2 Å². The summed E-state index contributed by atoms with van der Waals surface area (Å²) in [5.74, 6) is 1.78. The summed E-state index contributed by atoms with van der Waals surface area (Å²) in [5.41, 5.74) is 3.02. The van der Waals surface area contributed by atoms with Crippen molar-refractivity contribution in [2.45, 2.75) is 48.1 Å². The van der Waals surface area contributed by atoms with Crippen LogP contribution in [-0.2, 0) is 11.4 Å².